The standard InChI is InChI=1S/C13H23N5O/c1-3-10(6-7-19)15-11-8(2)12(18-14)17-13(16-11)9-4-5-9/h9-10,19H,3-7,14H2,1-2H3,(H2,15,16,17,18). The van der Waals surface area contributed by atoms with Gasteiger partial charge in [-0.2, -0.15) is 0 Å². The molecule has 6 nitrogen and oxygen atoms in total. The Morgan fingerprint density at radius 2 is 2.05 bits per heavy atom. The summed E-state index contributed by atoms with van der Waals surface area (Å²) in [6.45, 7) is 4.21. The zero-order valence-electron chi connectivity index (χ0n) is 11.6. The lowest BCUT2D eigenvalue weighted by Crippen LogP contribution is -2.23. The molecule has 1 aliphatic rings. The average Bonchev–Trinajstić information content (AvgIpc) is 3.24. The highest BCUT2D eigenvalue weighted by Crippen LogP contribution is 2.39. The maximum absolute atomic E-state index is 9.06. The second kappa shape index (κ2) is 6.16. The molecule has 0 amide bonds. The number of aliphatic hydroxyl groups is 1. The smallest absolute Gasteiger partial charge is 0.148 e. The molecule has 1 aromatic heterocycles. The number of hydrogen-bond acceptors (Lipinski definition) is 6. The van der Waals surface area contributed by atoms with Gasteiger partial charge in [0.05, 0.1) is 0 Å². The molecular formula is C13H23N5O. The van der Waals surface area contributed by atoms with E-state index in [0.717, 1.165) is 36.5 Å². The molecule has 1 heterocycles. The number of nitrogens with two attached hydrogens (primary N) is 1. The Morgan fingerprint density at radius 1 is 1.37 bits per heavy atom. The summed E-state index contributed by atoms with van der Waals surface area (Å²) in [7, 11) is 0. The fourth-order valence-electron chi connectivity index (χ4n) is 2.07. The van der Waals surface area contributed by atoms with E-state index in [1.807, 2.05) is 6.92 Å². The fraction of sp³-hybridized carbons (Fsp3) is 0.692. The number of nitrogen functional groups attached to an aromatic ring is 1. The predicted molar refractivity (Wildman–Crippen MR) is 76.0 cm³/mol. The first-order valence-corrected chi connectivity index (χ1v) is 6.92. The highest BCUT2D eigenvalue weighted by Gasteiger charge is 2.28. The van der Waals surface area contributed by atoms with Crippen LogP contribution < -0.4 is 16.6 Å². The number of hydrogen-bond donors (Lipinski definition) is 4. The normalized spacial score (nSPS) is 16.2. The van der Waals surface area contributed by atoms with Crippen molar-refractivity contribution in [1.82, 2.24) is 9.97 Å². The van der Waals surface area contributed by atoms with Crippen molar-refractivity contribution >= 4 is 11.6 Å². The van der Waals surface area contributed by atoms with Crippen LogP contribution in [0, 0.1) is 6.92 Å². The number of aliphatic hydroxyl groups excluding tert-OH is 1. The Labute approximate surface area is 113 Å². The van der Waals surface area contributed by atoms with Gasteiger partial charge in [-0.3, -0.25) is 0 Å². The van der Waals surface area contributed by atoms with Gasteiger partial charge in [-0.1, -0.05) is 6.92 Å². The van der Waals surface area contributed by atoms with Crippen molar-refractivity contribution < 1.29 is 5.11 Å². The first-order chi connectivity index (χ1) is 9.19. The number of nitrogens with one attached hydrogen (secondary N) is 2. The first-order valence-electron chi connectivity index (χ1n) is 6.92. The lowest BCUT2D eigenvalue weighted by Gasteiger charge is -2.19. The summed E-state index contributed by atoms with van der Waals surface area (Å²) in [5, 5.41) is 12.5. The van der Waals surface area contributed by atoms with Crippen molar-refractivity contribution in [3.63, 3.8) is 0 Å². The molecular weight excluding hydrogens is 242 g/mol. The molecule has 0 radical (unpaired) electrons. The summed E-state index contributed by atoms with van der Waals surface area (Å²) >= 11 is 0. The van der Waals surface area contributed by atoms with E-state index in [-0.39, 0.29) is 12.6 Å². The summed E-state index contributed by atoms with van der Waals surface area (Å²) in [5.41, 5.74) is 3.56. The molecule has 19 heavy (non-hydrogen) atoms. The van der Waals surface area contributed by atoms with Crippen LogP contribution in [-0.2, 0) is 0 Å². The van der Waals surface area contributed by atoms with E-state index in [9.17, 15) is 0 Å². The maximum Gasteiger partial charge on any atom is 0.148 e. The van der Waals surface area contributed by atoms with Gasteiger partial charge in [-0.15, -0.1) is 0 Å². The summed E-state index contributed by atoms with van der Waals surface area (Å²) in [6, 6.07) is 0.219. The van der Waals surface area contributed by atoms with Crippen LogP contribution >= 0.6 is 0 Å². The third-order valence-electron chi connectivity index (χ3n) is 3.55. The minimum Gasteiger partial charge on any atom is -0.396 e. The van der Waals surface area contributed by atoms with E-state index in [4.69, 9.17) is 10.9 Å². The van der Waals surface area contributed by atoms with E-state index < -0.39 is 0 Å². The molecule has 1 saturated carbocycles. The molecule has 0 spiro atoms. The molecule has 1 unspecified atom stereocenters. The van der Waals surface area contributed by atoms with Gasteiger partial charge in [0.1, 0.15) is 17.5 Å². The van der Waals surface area contributed by atoms with Crippen LogP contribution in [0.5, 0.6) is 0 Å². The van der Waals surface area contributed by atoms with Crippen LogP contribution in [0.1, 0.15) is 49.9 Å². The minimum absolute atomic E-state index is 0.174. The highest BCUT2D eigenvalue weighted by molar-refractivity contribution is 5.57. The molecule has 2 rings (SSSR count). The van der Waals surface area contributed by atoms with Crippen LogP contribution in [-0.4, -0.2) is 27.7 Å². The first kappa shape index (κ1) is 14.0. The lowest BCUT2D eigenvalue weighted by molar-refractivity contribution is 0.278. The van der Waals surface area contributed by atoms with Crippen LogP contribution in [0.3, 0.4) is 0 Å². The monoisotopic (exact) mass is 265 g/mol. The van der Waals surface area contributed by atoms with Gasteiger partial charge in [-0.05, 0) is 32.6 Å². The topological polar surface area (TPSA) is 96.1 Å². The zero-order chi connectivity index (χ0) is 13.8. The average molecular weight is 265 g/mol. The third-order valence-corrected chi connectivity index (χ3v) is 3.55. The molecule has 1 aromatic rings. The van der Waals surface area contributed by atoms with Gasteiger partial charge in [0.2, 0.25) is 0 Å². The molecule has 1 aliphatic carbocycles. The molecule has 5 N–H and O–H groups in total. The van der Waals surface area contributed by atoms with Crippen molar-refractivity contribution in [2.75, 3.05) is 17.3 Å². The quantitative estimate of drug-likeness (QED) is 0.441. The number of hydrazine groups is 1. The Kier molecular flexibility index (Phi) is 4.55. The van der Waals surface area contributed by atoms with Gasteiger partial charge in [0, 0.05) is 24.1 Å². The second-order valence-electron chi connectivity index (χ2n) is 5.08. The van der Waals surface area contributed by atoms with Crippen molar-refractivity contribution in [3.8, 4) is 0 Å². The molecule has 0 saturated heterocycles. The van der Waals surface area contributed by atoms with Gasteiger partial charge in [-0.25, -0.2) is 15.8 Å². The van der Waals surface area contributed by atoms with Crippen molar-refractivity contribution in [3.05, 3.63) is 11.4 Å². The molecule has 1 atom stereocenters. The largest absolute Gasteiger partial charge is 0.396 e. The van der Waals surface area contributed by atoms with Gasteiger partial charge >= 0.3 is 0 Å². The van der Waals surface area contributed by atoms with E-state index in [1.54, 1.807) is 0 Å². The summed E-state index contributed by atoms with van der Waals surface area (Å²) in [5.74, 6) is 8.37. The summed E-state index contributed by atoms with van der Waals surface area (Å²) in [6.07, 6.45) is 3.96. The van der Waals surface area contributed by atoms with E-state index in [2.05, 4.69) is 27.6 Å². The van der Waals surface area contributed by atoms with Gasteiger partial charge in [0.25, 0.3) is 0 Å². The summed E-state index contributed by atoms with van der Waals surface area (Å²) in [4.78, 5) is 9.07. The molecule has 0 bridgehead atoms. The molecule has 106 valence electrons. The minimum atomic E-state index is 0.174. The number of aromatic nitrogens is 2. The fourth-order valence-corrected chi connectivity index (χ4v) is 2.07. The lowest BCUT2D eigenvalue weighted by atomic mass is 10.1. The van der Waals surface area contributed by atoms with Crippen molar-refractivity contribution in [2.24, 2.45) is 5.84 Å². The SMILES string of the molecule is CCC(CCO)Nc1nc(C2CC2)nc(NN)c1C. The maximum atomic E-state index is 9.06. The molecule has 0 aliphatic heterocycles. The second-order valence-corrected chi connectivity index (χ2v) is 5.08. The number of anilines is 2. The Bertz CT molecular complexity index is 433. The van der Waals surface area contributed by atoms with Crippen molar-refractivity contribution in [2.45, 2.75) is 51.5 Å². The third kappa shape index (κ3) is 3.33. The molecule has 1 fully saturated rings. The Balaban J connectivity index is 2.24. The van der Waals surface area contributed by atoms with Crippen LogP contribution in [0.2, 0.25) is 0 Å². The molecule has 0 aromatic carbocycles. The Hall–Kier alpha value is -1.40. The van der Waals surface area contributed by atoms with Crippen LogP contribution in [0.15, 0.2) is 0 Å². The Morgan fingerprint density at radius 3 is 2.58 bits per heavy atom. The van der Waals surface area contributed by atoms with Gasteiger partial charge in [0.15, 0.2) is 0 Å². The van der Waals surface area contributed by atoms with E-state index in [1.165, 1.54) is 0 Å². The summed E-state index contributed by atoms with van der Waals surface area (Å²) < 4.78 is 0. The van der Waals surface area contributed by atoms with Crippen LogP contribution in [0.25, 0.3) is 0 Å². The van der Waals surface area contributed by atoms with E-state index in [0.29, 0.717) is 18.2 Å². The van der Waals surface area contributed by atoms with Gasteiger partial charge < -0.3 is 15.8 Å². The van der Waals surface area contributed by atoms with Crippen molar-refractivity contribution in [1.29, 1.82) is 0 Å². The highest BCUT2D eigenvalue weighted by atomic mass is 16.3. The number of rotatable bonds is 7. The van der Waals surface area contributed by atoms with E-state index >= 15 is 0 Å². The predicted octanol–water partition coefficient (Wildman–Crippen LogP) is 1.52. The van der Waals surface area contributed by atoms with Crippen LogP contribution in [0.4, 0.5) is 11.6 Å². The molecule has 6 heteroatoms. The number of nitrogens with zero attached hydrogens (tertiary/aromatic N) is 2. The zero-order valence-corrected chi connectivity index (χ0v) is 11.6.